The second-order valence-electron chi connectivity index (χ2n) is 8.52. The van der Waals surface area contributed by atoms with E-state index in [0.29, 0.717) is 17.9 Å². The van der Waals surface area contributed by atoms with Crippen molar-refractivity contribution in [3.63, 3.8) is 0 Å². The smallest absolute Gasteiger partial charge is 0.257 e. The predicted molar refractivity (Wildman–Crippen MR) is 112 cm³/mol. The van der Waals surface area contributed by atoms with Crippen molar-refractivity contribution in [2.45, 2.75) is 44.9 Å². The molecule has 1 aliphatic carbocycles. The number of carbonyl (C=O) groups is 2. The third-order valence-corrected chi connectivity index (χ3v) is 6.14. The summed E-state index contributed by atoms with van der Waals surface area (Å²) in [4.78, 5) is 26.2. The van der Waals surface area contributed by atoms with Gasteiger partial charge in [-0.05, 0) is 67.6 Å². The summed E-state index contributed by atoms with van der Waals surface area (Å²) in [5.41, 5.74) is 3.20. The molecule has 4 rings (SSSR count). The quantitative estimate of drug-likeness (QED) is 0.740. The molecule has 0 spiro atoms. The topological polar surface area (TPSA) is 62.6 Å². The van der Waals surface area contributed by atoms with Crippen LogP contribution in [-0.4, -0.2) is 36.3 Å². The molecule has 154 valence electrons. The number of likely N-dealkylation sites (tertiary alicyclic amines) is 1. The Kier molecular flexibility index (Phi) is 6.33. The van der Waals surface area contributed by atoms with Crippen LogP contribution < -0.4 is 5.32 Å². The van der Waals surface area contributed by atoms with E-state index in [-0.39, 0.29) is 11.8 Å². The lowest BCUT2D eigenvalue weighted by atomic mass is 9.89. The van der Waals surface area contributed by atoms with E-state index in [4.69, 9.17) is 4.42 Å². The van der Waals surface area contributed by atoms with Gasteiger partial charge in [0.1, 0.15) is 6.26 Å². The van der Waals surface area contributed by atoms with E-state index in [1.165, 1.54) is 30.2 Å². The summed E-state index contributed by atoms with van der Waals surface area (Å²) in [5, 5.41) is 3.03. The largest absolute Gasteiger partial charge is 0.472 e. The van der Waals surface area contributed by atoms with Crippen molar-refractivity contribution in [3.8, 4) is 0 Å². The fraction of sp³-hybridized carbons (Fsp3) is 0.500. The molecule has 1 aromatic carbocycles. The Morgan fingerprint density at radius 2 is 1.69 bits per heavy atom. The van der Waals surface area contributed by atoms with Crippen molar-refractivity contribution in [1.29, 1.82) is 0 Å². The van der Waals surface area contributed by atoms with Gasteiger partial charge >= 0.3 is 0 Å². The minimum absolute atomic E-state index is 0.0720. The van der Waals surface area contributed by atoms with E-state index >= 15 is 0 Å². The fourth-order valence-corrected chi connectivity index (χ4v) is 4.01. The minimum Gasteiger partial charge on any atom is -0.472 e. The molecular formula is C24H30N2O3. The van der Waals surface area contributed by atoms with Gasteiger partial charge in [0.25, 0.3) is 5.91 Å². The van der Waals surface area contributed by atoms with Gasteiger partial charge in [-0.15, -0.1) is 0 Å². The van der Waals surface area contributed by atoms with Crippen LogP contribution in [0.25, 0.3) is 0 Å². The van der Waals surface area contributed by atoms with Gasteiger partial charge in [-0.3, -0.25) is 9.59 Å². The lowest BCUT2D eigenvalue weighted by Crippen LogP contribution is -2.38. The molecule has 1 saturated carbocycles. The Bertz CT molecular complexity index is 801. The number of piperidine rings is 1. The summed E-state index contributed by atoms with van der Waals surface area (Å²) >= 11 is 0. The first-order valence-corrected chi connectivity index (χ1v) is 10.8. The maximum atomic E-state index is 12.4. The van der Waals surface area contributed by atoms with Gasteiger partial charge in [-0.25, -0.2) is 0 Å². The van der Waals surface area contributed by atoms with Gasteiger partial charge in [0.05, 0.1) is 11.8 Å². The molecular weight excluding hydrogens is 364 g/mol. The molecule has 2 amide bonds. The van der Waals surface area contributed by atoms with Crippen LogP contribution in [0.5, 0.6) is 0 Å². The summed E-state index contributed by atoms with van der Waals surface area (Å²) < 4.78 is 5.02. The number of amides is 2. The first-order chi connectivity index (χ1) is 14.2. The van der Waals surface area contributed by atoms with E-state index in [1.54, 1.807) is 12.3 Å². The highest BCUT2D eigenvalue weighted by Crippen LogP contribution is 2.27. The number of aryl methyl sites for hydroxylation is 1. The Morgan fingerprint density at radius 1 is 0.966 bits per heavy atom. The molecule has 1 N–H and O–H groups in total. The van der Waals surface area contributed by atoms with Crippen molar-refractivity contribution in [2.75, 3.05) is 19.6 Å². The number of nitrogens with zero attached hydrogens (tertiary/aromatic N) is 1. The third-order valence-electron chi connectivity index (χ3n) is 6.14. The summed E-state index contributed by atoms with van der Waals surface area (Å²) in [6, 6.07) is 10.4. The van der Waals surface area contributed by atoms with Crippen molar-refractivity contribution >= 4 is 11.8 Å². The summed E-state index contributed by atoms with van der Waals surface area (Å²) in [5.74, 6) is 1.58. The van der Waals surface area contributed by atoms with Crippen LogP contribution >= 0.6 is 0 Å². The van der Waals surface area contributed by atoms with E-state index in [9.17, 15) is 9.59 Å². The van der Waals surface area contributed by atoms with Gasteiger partial charge in [-0.2, -0.15) is 0 Å². The number of rotatable bonds is 8. The second kappa shape index (κ2) is 9.29. The SMILES string of the molecule is O=C(CCc1ccc(CC2CCN(C(=O)c3ccoc3)CC2)cc1)NCC1CC1. The van der Waals surface area contributed by atoms with Crippen LogP contribution in [0.15, 0.2) is 47.3 Å². The zero-order chi connectivity index (χ0) is 20.1. The molecule has 0 radical (unpaired) electrons. The van der Waals surface area contributed by atoms with Gasteiger partial charge in [0, 0.05) is 26.1 Å². The van der Waals surface area contributed by atoms with E-state index in [1.807, 2.05) is 4.90 Å². The fourth-order valence-electron chi connectivity index (χ4n) is 4.01. The van der Waals surface area contributed by atoms with Crippen LogP contribution in [-0.2, 0) is 17.6 Å². The van der Waals surface area contributed by atoms with Gasteiger partial charge in [0.2, 0.25) is 5.91 Å². The molecule has 2 fully saturated rings. The second-order valence-corrected chi connectivity index (χ2v) is 8.52. The maximum Gasteiger partial charge on any atom is 0.257 e. The lowest BCUT2D eigenvalue weighted by Gasteiger charge is -2.31. The number of benzene rings is 1. The van der Waals surface area contributed by atoms with E-state index in [0.717, 1.165) is 51.2 Å². The Morgan fingerprint density at radius 3 is 2.34 bits per heavy atom. The van der Waals surface area contributed by atoms with Crippen molar-refractivity contribution < 1.29 is 14.0 Å². The van der Waals surface area contributed by atoms with Crippen molar-refractivity contribution in [1.82, 2.24) is 10.2 Å². The van der Waals surface area contributed by atoms with E-state index in [2.05, 4.69) is 29.6 Å². The number of furan rings is 1. The number of hydrogen-bond acceptors (Lipinski definition) is 3. The Hall–Kier alpha value is -2.56. The summed E-state index contributed by atoms with van der Waals surface area (Å²) in [6.07, 6.45) is 10.1. The van der Waals surface area contributed by atoms with Gasteiger partial charge in [0.15, 0.2) is 0 Å². The van der Waals surface area contributed by atoms with Crippen LogP contribution in [0.3, 0.4) is 0 Å². The third kappa shape index (κ3) is 5.72. The first-order valence-electron chi connectivity index (χ1n) is 10.8. The summed E-state index contributed by atoms with van der Waals surface area (Å²) in [7, 11) is 0. The standard InChI is InChI=1S/C24H30N2O3/c27-23(25-16-21-5-6-21)8-7-18-1-3-19(4-2-18)15-20-9-12-26(13-10-20)24(28)22-11-14-29-17-22/h1-4,11,14,17,20-21H,5-10,12-13,15-16H2,(H,25,27). The van der Waals surface area contributed by atoms with Gasteiger partial charge in [-0.1, -0.05) is 24.3 Å². The molecule has 2 aliphatic rings. The van der Waals surface area contributed by atoms with Gasteiger partial charge < -0.3 is 14.6 Å². The highest BCUT2D eigenvalue weighted by atomic mass is 16.3. The molecule has 1 saturated heterocycles. The van der Waals surface area contributed by atoms with Crippen LogP contribution in [0.1, 0.15) is 53.6 Å². The zero-order valence-corrected chi connectivity index (χ0v) is 16.9. The minimum atomic E-state index is 0.0720. The first kappa shape index (κ1) is 19.7. The number of carbonyl (C=O) groups excluding carboxylic acids is 2. The Balaban J connectivity index is 1.18. The molecule has 1 aliphatic heterocycles. The molecule has 0 atom stereocenters. The Labute approximate surface area is 172 Å². The van der Waals surface area contributed by atoms with Crippen LogP contribution in [0, 0.1) is 11.8 Å². The molecule has 2 heterocycles. The van der Waals surface area contributed by atoms with Crippen LogP contribution in [0.4, 0.5) is 0 Å². The average Bonchev–Trinajstić information content (AvgIpc) is 3.42. The molecule has 0 unspecified atom stereocenters. The maximum absolute atomic E-state index is 12.4. The summed E-state index contributed by atoms with van der Waals surface area (Å²) in [6.45, 7) is 2.47. The lowest BCUT2D eigenvalue weighted by molar-refractivity contribution is -0.121. The molecule has 29 heavy (non-hydrogen) atoms. The highest BCUT2D eigenvalue weighted by Gasteiger charge is 2.24. The van der Waals surface area contributed by atoms with Crippen molar-refractivity contribution in [3.05, 3.63) is 59.5 Å². The normalized spacial score (nSPS) is 17.3. The highest BCUT2D eigenvalue weighted by molar-refractivity contribution is 5.93. The molecule has 2 aromatic rings. The predicted octanol–water partition coefficient (Wildman–Crippen LogP) is 3.83. The van der Waals surface area contributed by atoms with E-state index < -0.39 is 0 Å². The monoisotopic (exact) mass is 394 g/mol. The average molecular weight is 395 g/mol. The zero-order valence-electron chi connectivity index (χ0n) is 16.9. The molecule has 1 aromatic heterocycles. The molecule has 5 heteroatoms. The number of nitrogens with one attached hydrogen (secondary N) is 1. The molecule has 0 bridgehead atoms. The van der Waals surface area contributed by atoms with Crippen molar-refractivity contribution in [2.24, 2.45) is 11.8 Å². The molecule has 5 nitrogen and oxygen atoms in total. The number of hydrogen-bond donors (Lipinski definition) is 1. The van der Waals surface area contributed by atoms with Crippen LogP contribution in [0.2, 0.25) is 0 Å².